The quantitative estimate of drug-likeness (QED) is 0.863. The fraction of sp³-hybridized carbons (Fsp3) is 0.316. The molecule has 1 atom stereocenters. The summed E-state index contributed by atoms with van der Waals surface area (Å²) in [6.45, 7) is 1.98. The van der Waals surface area contributed by atoms with Crippen LogP contribution in [-0.2, 0) is 9.59 Å². The van der Waals surface area contributed by atoms with Gasteiger partial charge < -0.3 is 10.4 Å². The highest BCUT2D eigenvalue weighted by Crippen LogP contribution is 2.43. The maximum atomic E-state index is 12.6. The molecule has 0 radical (unpaired) electrons. The van der Waals surface area contributed by atoms with Gasteiger partial charge in [0.25, 0.3) is 0 Å². The van der Waals surface area contributed by atoms with E-state index in [-0.39, 0.29) is 11.5 Å². The molecule has 1 aliphatic carbocycles. The van der Waals surface area contributed by atoms with E-state index in [0.29, 0.717) is 22.6 Å². The van der Waals surface area contributed by atoms with Gasteiger partial charge in [0.15, 0.2) is 5.78 Å². The van der Waals surface area contributed by atoms with Gasteiger partial charge in [-0.1, -0.05) is 41.6 Å². The number of rotatable bonds is 4. The Balaban J connectivity index is 2.11. The molecule has 25 heavy (non-hydrogen) atoms. The minimum atomic E-state index is -0.942. The summed E-state index contributed by atoms with van der Waals surface area (Å²) in [7, 11) is 0. The second-order valence-electron chi connectivity index (χ2n) is 6.17. The molecule has 0 aromatic heterocycles. The summed E-state index contributed by atoms with van der Waals surface area (Å²) in [6.07, 6.45) is 1.99. The van der Waals surface area contributed by atoms with Crippen LogP contribution in [0.2, 0.25) is 0 Å². The number of nitrogens with one attached hydrogen (secondary N) is 1. The molecule has 1 aromatic rings. The van der Waals surface area contributed by atoms with Gasteiger partial charge in [-0.15, -0.1) is 0 Å². The lowest BCUT2D eigenvalue weighted by Gasteiger charge is -2.33. The predicted octanol–water partition coefficient (Wildman–Crippen LogP) is 3.24. The van der Waals surface area contributed by atoms with E-state index in [4.69, 9.17) is 5.11 Å². The van der Waals surface area contributed by atoms with Gasteiger partial charge in [-0.25, -0.2) is 0 Å². The van der Waals surface area contributed by atoms with Gasteiger partial charge >= 0.3 is 5.97 Å². The van der Waals surface area contributed by atoms with Crippen molar-refractivity contribution < 1.29 is 14.7 Å². The number of benzene rings is 1. The highest BCUT2D eigenvalue weighted by molar-refractivity contribution is 8.03. The zero-order chi connectivity index (χ0) is 18.0. The first-order valence-corrected chi connectivity index (χ1v) is 9.08. The van der Waals surface area contributed by atoms with E-state index in [1.807, 2.05) is 31.2 Å². The number of dihydropyridines is 1. The standard InChI is InChI=1S/C19H18N2O3S/c1-11-5-7-12(8-6-11)17-13(9-20)19(25-10-16(23)24)21-14-3-2-4-15(22)18(14)17/h5-8,17,21H,2-4,10H2,1H3,(H,23,24)/t17-/m0/s1. The lowest BCUT2D eigenvalue weighted by molar-refractivity contribution is -0.133. The largest absolute Gasteiger partial charge is 0.481 e. The Morgan fingerprint density at radius 2 is 2.08 bits per heavy atom. The first-order valence-electron chi connectivity index (χ1n) is 8.10. The van der Waals surface area contributed by atoms with E-state index in [1.54, 1.807) is 0 Å². The second kappa shape index (κ2) is 7.16. The number of ketones is 1. The van der Waals surface area contributed by atoms with Crippen molar-refractivity contribution in [3.8, 4) is 6.07 Å². The van der Waals surface area contributed by atoms with Gasteiger partial charge in [0, 0.05) is 17.7 Å². The normalized spacial score (nSPS) is 20.0. The van der Waals surface area contributed by atoms with Gasteiger partial charge in [-0.05, 0) is 25.3 Å². The van der Waals surface area contributed by atoms with Crippen molar-refractivity contribution >= 4 is 23.5 Å². The van der Waals surface area contributed by atoms with Gasteiger partial charge in [0.05, 0.1) is 28.3 Å². The van der Waals surface area contributed by atoms with Crippen LogP contribution in [0.5, 0.6) is 0 Å². The summed E-state index contributed by atoms with van der Waals surface area (Å²) in [4.78, 5) is 23.5. The first kappa shape index (κ1) is 17.3. The summed E-state index contributed by atoms with van der Waals surface area (Å²) >= 11 is 1.10. The second-order valence-corrected chi connectivity index (χ2v) is 7.16. The van der Waals surface area contributed by atoms with Gasteiger partial charge in [0.2, 0.25) is 0 Å². The van der Waals surface area contributed by atoms with E-state index >= 15 is 0 Å². The minimum absolute atomic E-state index is 0.0642. The Morgan fingerprint density at radius 1 is 1.36 bits per heavy atom. The van der Waals surface area contributed by atoms with Crippen LogP contribution in [0.15, 0.2) is 46.1 Å². The number of carboxylic acids is 1. The number of hydrogen-bond donors (Lipinski definition) is 2. The molecule has 0 unspecified atom stereocenters. The molecule has 0 fully saturated rings. The highest BCUT2D eigenvalue weighted by atomic mass is 32.2. The average Bonchev–Trinajstić information content (AvgIpc) is 2.59. The number of thioether (sulfide) groups is 1. The first-order chi connectivity index (χ1) is 12.0. The number of aryl methyl sites for hydroxylation is 1. The van der Waals surface area contributed by atoms with Crippen molar-refractivity contribution in [3.63, 3.8) is 0 Å². The van der Waals surface area contributed by atoms with Crippen LogP contribution in [0.4, 0.5) is 0 Å². The van der Waals surface area contributed by atoms with Crippen LogP contribution < -0.4 is 5.32 Å². The number of carboxylic acid groups (broad SMARTS) is 1. The molecule has 3 rings (SSSR count). The van der Waals surface area contributed by atoms with Crippen LogP contribution in [0.3, 0.4) is 0 Å². The fourth-order valence-corrected chi connectivity index (χ4v) is 4.05. The van der Waals surface area contributed by atoms with Crippen LogP contribution in [0.1, 0.15) is 36.3 Å². The lowest BCUT2D eigenvalue weighted by atomic mass is 9.77. The van der Waals surface area contributed by atoms with Crippen molar-refractivity contribution in [2.24, 2.45) is 0 Å². The molecule has 1 aromatic carbocycles. The lowest BCUT2D eigenvalue weighted by Crippen LogP contribution is -2.31. The third-order valence-electron chi connectivity index (χ3n) is 4.41. The van der Waals surface area contributed by atoms with E-state index in [9.17, 15) is 14.9 Å². The zero-order valence-corrected chi connectivity index (χ0v) is 14.7. The highest BCUT2D eigenvalue weighted by Gasteiger charge is 2.37. The molecule has 5 nitrogen and oxygen atoms in total. The average molecular weight is 354 g/mol. The molecule has 2 N–H and O–H groups in total. The summed E-state index contributed by atoms with van der Waals surface area (Å²) in [5.41, 5.74) is 3.90. The Kier molecular flexibility index (Phi) is 4.95. The fourth-order valence-electron chi connectivity index (χ4n) is 3.26. The number of carbonyl (C=O) groups is 2. The van der Waals surface area contributed by atoms with Crippen LogP contribution >= 0.6 is 11.8 Å². The number of nitrogens with zero attached hydrogens (tertiary/aromatic N) is 1. The predicted molar refractivity (Wildman–Crippen MR) is 95.7 cm³/mol. The third-order valence-corrected chi connectivity index (χ3v) is 5.42. The van der Waals surface area contributed by atoms with E-state index in [2.05, 4.69) is 11.4 Å². The molecule has 6 heteroatoms. The van der Waals surface area contributed by atoms with Crippen molar-refractivity contribution in [1.29, 1.82) is 5.26 Å². The molecule has 0 amide bonds. The monoisotopic (exact) mass is 354 g/mol. The van der Waals surface area contributed by atoms with E-state index in [0.717, 1.165) is 41.4 Å². The Morgan fingerprint density at radius 3 is 2.72 bits per heavy atom. The van der Waals surface area contributed by atoms with Crippen LogP contribution in [0, 0.1) is 18.3 Å². The van der Waals surface area contributed by atoms with Gasteiger partial charge in [0.1, 0.15) is 0 Å². The zero-order valence-electron chi connectivity index (χ0n) is 13.8. The summed E-state index contributed by atoms with van der Waals surface area (Å²) in [5.74, 6) is -1.44. The summed E-state index contributed by atoms with van der Waals surface area (Å²) in [6, 6.07) is 10.0. The number of Topliss-reactive ketones (excluding diaryl/α,β-unsaturated/α-hetero) is 1. The smallest absolute Gasteiger partial charge is 0.313 e. The summed E-state index contributed by atoms with van der Waals surface area (Å²) in [5, 5.41) is 22.4. The molecule has 0 saturated heterocycles. The summed E-state index contributed by atoms with van der Waals surface area (Å²) < 4.78 is 0. The van der Waals surface area contributed by atoms with Crippen molar-refractivity contribution in [1.82, 2.24) is 5.32 Å². The maximum absolute atomic E-state index is 12.6. The van der Waals surface area contributed by atoms with Crippen molar-refractivity contribution in [3.05, 3.63) is 57.3 Å². The van der Waals surface area contributed by atoms with Crippen LogP contribution in [0.25, 0.3) is 0 Å². The SMILES string of the molecule is Cc1ccc([C@H]2C(C#N)=C(SCC(=O)O)NC3=C2C(=O)CCC3)cc1. The molecule has 128 valence electrons. The minimum Gasteiger partial charge on any atom is -0.481 e. The van der Waals surface area contributed by atoms with Gasteiger partial charge in [-0.3, -0.25) is 9.59 Å². The third kappa shape index (κ3) is 3.47. The molecule has 0 saturated carbocycles. The molecule has 2 aliphatic rings. The molecule has 0 spiro atoms. The van der Waals surface area contributed by atoms with E-state index < -0.39 is 11.9 Å². The molecular formula is C19H18N2O3S. The molecule has 1 heterocycles. The molecular weight excluding hydrogens is 336 g/mol. The Hall–Kier alpha value is -2.52. The van der Waals surface area contributed by atoms with Crippen molar-refractivity contribution in [2.45, 2.75) is 32.1 Å². The number of aliphatic carboxylic acids is 1. The number of hydrogen-bond acceptors (Lipinski definition) is 5. The van der Waals surface area contributed by atoms with E-state index in [1.165, 1.54) is 0 Å². The topological polar surface area (TPSA) is 90.2 Å². The number of nitriles is 1. The number of allylic oxidation sites excluding steroid dienone is 3. The Bertz CT molecular complexity index is 831. The Labute approximate surface area is 150 Å². The molecule has 0 bridgehead atoms. The number of carbonyl (C=O) groups excluding carboxylic acids is 1. The van der Waals surface area contributed by atoms with Gasteiger partial charge in [-0.2, -0.15) is 5.26 Å². The van der Waals surface area contributed by atoms with Crippen LogP contribution in [-0.4, -0.2) is 22.6 Å². The van der Waals surface area contributed by atoms with Crippen molar-refractivity contribution in [2.75, 3.05) is 5.75 Å². The maximum Gasteiger partial charge on any atom is 0.313 e. The molecule has 1 aliphatic heterocycles.